The van der Waals surface area contributed by atoms with E-state index in [4.69, 9.17) is 4.74 Å². The van der Waals surface area contributed by atoms with Gasteiger partial charge in [0.15, 0.2) is 5.82 Å². The van der Waals surface area contributed by atoms with Gasteiger partial charge in [-0.2, -0.15) is 4.39 Å². The van der Waals surface area contributed by atoms with Gasteiger partial charge in [-0.15, -0.1) is 0 Å². The number of amides is 1. The molecule has 1 fully saturated rings. The van der Waals surface area contributed by atoms with Crippen molar-refractivity contribution in [2.45, 2.75) is 25.9 Å². The number of methoxy groups -OCH3 is 1. The first-order valence-corrected chi connectivity index (χ1v) is 8.04. The van der Waals surface area contributed by atoms with E-state index >= 15 is 0 Å². The molecule has 1 aliphatic rings. The van der Waals surface area contributed by atoms with Gasteiger partial charge in [0.25, 0.3) is 5.91 Å². The molecule has 144 valence electrons. The quantitative estimate of drug-likeness (QED) is 0.448. The van der Waals surface area contributed by atoms with Crippen LogP contribution in [0.5, 0.6) is 0 Å². The molecule has 26 heavy (non-hydrogen) atoms. The van der Waals surface area contributed by atoms with E-state index < -0.39 is 39.5 Å². The molecule has 1 amide bonds. The summed E-state index contributed by atoms with van der Waals surface area (Å²) in [5.74, 6) is -6.58. The topological polar surface area (TPSA) is 75.9 Å². The normalized spacial score (nSPS) is 21.1. The van der Waals surface area contributed by atoms with Crippen molar-refractivity contribution in [2.24, 2.45) is 0 Å². The second-order valence-corrected chi connectivity index (χ2v) is 6.28. The van der Waals surface area contributed by atoms with E-state index in [1.54, 1.807) is 7.11 Å². The Hall–Kier alpha value is -2.20. The number of carbonyl (C=O) groups excluding carboxylic acids is 1. The lowest BCUT2D eigenvalue weighted by atomic mass is 10.1. The maximum absolute atomic E-state index is 14.0. The van der Waals surface area contributed by atoms with E-state index in [9.17, 15) is 28.1 Å². The average molecular weight is 375 g/mol. The third-order valence-corrected chi connectivity index (χ3v) is 4.50. The fourth-order valence-corrected chi connectivity index (χ4v) is 3.21. The molecule has 1 saturated heterocycles. The number of hydrogen-bond donors (Lipinski definition) is 0. The third-order valence-electron chi connectivity index (χ3n) is 4.50. The van der Waals surface area contributed by atoms with Gasteiger partial charge in [0, 0.05) is 44.9 Å². The molecule has 0 aromatic heterocycles. The third kappa shape index (κ3) is 3.80. The van der Waals surface area contributed by atoms with Crippen LogP contribution in [0.2, 0.25) is 0 Å². The van der Waals surface area contributed by atoms with Crippen molar-refractivity contribution in [3.63, 3.8) is 0 Å². The van der Waals surface area contributed by atoms with E-state index in [0.29, 0.717) is 19.2 Å². The van der Waals surface area contributed by atoms with Crippen molar-refractivity contribution in [1.29, 1.82) is 0 Å². The Kier molecular flexibility index (Phi) is 6.19. The number of nitro benzene ring substituents is 1. The molecule has 0 aliphatic carbocycles. The van der Waals surface area contributed by atoms with Gasteiger partial charge in [-0.05, 0) is 13.8 Å². The number of halogens is 3. The van der Waals surface area contributed by atoms with Crippen molar-refractivity contribution in [1.82, 2.24) is 9.80 Å². The molecule has 10 heteroatoms. The Labute approximate surface area is 148 Å². The lowest BCUT2D eigenvalue weighted by Crippen LogP contribution is -2.58. The molecule has 2 rings (SSSR count). The smallest absolute Gasteiger partial charge is 0.308 e. The van der Waals surface area contributed by atoms with Crippen LogP contribution in [-0.2, 0) is 4.74 Å². The van der Waals surface area contributed by atoms with Crippen LogP contribution in [-0.4, -0.2) is 66.1 Å². The number of benzene rings is 1. The van der Waals surface area contributed by atoms with Crippen LogP contribution in [0.1, 0.15) is 24.2 Å². The van der Waals surface area contributed by atoms with Gasteiger partial charge in [-0.25, -0.2) is 8.78 Å². The first-order chi connectivity index (χ1) is 12.2. The Morgan fingerprint density at radius 3 is 2.31 bits per heavy atom. The zero-order chi connectivity index (χ0) is 19.6. The summed E-state index contributed by atoms with van der Waals surface area (Å²) in [6.45, 7) is 5.34. The molecule has 1 aliphatic heterocycles. The summed E-state index contributed by atoms with van der Waals surface area (Å²) in [5, 5.41) is 10.8. The predicted molar refractivity (Wildman–Crippen MR) is 86.4 cm³/mol. The van der Waals surface area contributed by atoms with Crippen LogP contribution < -0.4 is 0 Å². The minimum absolute atomic E-state index is 0.0822. The first-order valence-electron chi connectivity index (χ1n) is 8.04. The minimum Gasteiger partial charge on any atom is -0.383 e. The van der Waals surface area contributed by atoms with Crippen LogP contribution in [0.3, 0.4) is 0 Å². The summed E-state index contributed by atoms with van der Waals surface area (Å²) in [6.07, 6.45) is 0. The van der Waals surface area contributed by atoms with E-state index in [1.165, 1.54) is 4.90 Å². The summed E-state index contributed by atoms with van der Waals surface area (Å²) >= 11 is 0. The molecule has 1 aromatic carbocycles. The molecule has 0 spiro atoms. The van der Waals surface area contributed by atoms with Crippen LogP contribution in [0.15, 0.2) is 6.07 Å². The Bertz CT molecular complexity index is 704. The van der Waals surface area contributed by atoms with Crippen molar-refractivity contribution in [3.05, 3.63) is 39.2 Å². The number of nitro groups is 1. The summed E-state index contributed by atoms with van der Waals surface area (Å²) < 4.78 is 46.2. The molecule has 0 saturated carbocycles. The number of carbonyl (C=O) groups is 1. The lowest BCUT2D eigenvalue weighted by molar-refractivity contribution is -0.387. The number of nitrogens with zero attached hydrogens (tertiary/aromatic N) is 3. The minimum atomic E-state index is -2.03. The van der Waals surface area contributed by atoms with Crippen molar-refractivity contribution in [2.75, 3.05) is 33.4 Å². The van der Waals surface area contributed by atoms with Crippen LogP contribution in [0.25, 0.3) is 0 Å². The lowest BCUT2D eigenvalue weighted by Gasteiger charge is -2.44. The maximum atomic E-state index is 14.0. The first kappa shape index (κ1) is 20.1. The second kappa shape index (κ2) is 8.00. The van der Waals surface area contributed by atoms with E-state index in [2.05, 4.69) is 4.90 Å². The van der Waals surface area contributed by atoms with Crippen molar-refractivity contribution < 1.29 is 27.6 Å². The molecule has 1 heterocycles. The van der Waals surface area contributed by atoms with E-state index in [-0.39, 0.29) is 25.2 Å². The standard InChI is InChI=1S/C16H20F3N3O4/c1-9-7-20(8-10(2)21(9)4-5-26-3)16(23)11-6-12(22(24)25)14(18)15(19)13(11)17/h6,9-10H,4-5,7-8H2,1-3H3. The molecule has 2 atom stereocenters. The van der Waals surface area contributed by atoms with Gasteiger partial charge in [0.1, 0.15) is 0 Å². The monoisotopic (exact) mass is 375 g/mol. The fraction of sp³-hybridized carbons (Fsp3) is 0.562. The average Bonchev–Trinajstić information content (AvgIpc) is 2.58. The van der Waals surface area contributed by atoms with Gasteiger partial charge in [-0.3, -0.25) is 19.8 Å². The molecular formula is C16H20F3N3O4. The summed E-state index contributed by atoms with van der Waals surface area (Å²) in [7, 11) is 1.58. The molecular weight excluding hydrogens is 355 g/mol. The SMILES string of the molecule is COCCN1C(C)CN(C(=O)c2cc([N+](=O)[O-])c(F)c(F)c2F)CC1C. The zero-order valence-corrected chi connectivity index (χ0v) is 14.7. The van der Waals surface area contributed by atoms with Crippen molar-refractivity contribution in [3.8, 4) is 0 Å². The van der Waals surface area contributed by atoms with Gasteiger partial charge in [-0.1, -0.05) is 0 Å². The zero-order valence-electron chi connectivity index (χ0n) is 14.7. The van der Waals surface area contributed by atoms with Gasteiger partial charge < -0.3 is 9.64 Å². The van der Waals surface area contributed by atoms with Gasteiger partial charge in [0.2, 0.25) is 11.6 Å². The van der Waals surface area contributed by atoms with Crippen LogP contribution >= 0.6 is 0 Å². The highest BCUT2D eigenvalue weighted by atomic mass is 19.2. The summed E-state index contributed by atoms with van der Waals surface area (Å²) in [4.78, 5) is 25.6. The highest BCUT2D eigenvalue weighted by Gasteiger charge is 2.35. The predicted octanol–water partition coefficient (Wildman–Crippen LogP) is 2.19. The number of hydrogen-bond acceptors (Lipinski definition) is 5. The molecule has 0 bridgehead atoms. The Balaban J connectivity index is 2.29. The summed E-state index contributed by atoms with van der Waals surface area (Å²) in [5.41, 5.74) is -2.12. The fourth-order valence-electron chi connectivity index (χ4n) is 3.21. The highest BCUT2D eigenvalue weighted by molar-refractivity contribution is 5.95. The Morgan fingerprint density at radius 2 is 1.81 bits per heavy atom. The maximum Gasteiger partial charge on any atom is 0.308 e. The highest BCUT2D eigenvalue weighted by Crippen LogP contribution is 2.27. The van der Waals surface area contributed by atoms with Crippen molar-refractivity contribution >= 4 is 11.6 Å². The number of piperazine rings is 1. The molecule has 1 aromatic rings. The van der Waals surface area contributed by atoms with Crippen LogP contribution in [0, 0.1) is 27.6 Å². The summed E-state index contributed by atoms with van der Waals surface area (Å²) in [6, 6.07) is 0.283. The second-order valence-electron chi connectivity index (χ2n) is 6.28. The molecule has 7 nitrogen and oxygen atoms in total. The number of ether oxygens (including phenoxy) is 1. The van der Waals surface area contributed by atoms with E-state index in [1.807, 2.05) is 13.8 Å². The molecule has 2 unspecified atom stereocenters. The van der Waals surface area contributed by atoms with Crippen LogP contribution in [0.4, 0.5) is 18.9 Å². The number of rotatable bonds is 5. The largest absolute Gasteiger partial charge is 0.383 e. The van der Waals surface area contributed by atoms with Gasteiger partial charge in [0.05, 0.1) is 17.1 Å². The molecule has 0 radical (unpaired) electrons. The molecule has 0 N–H and O–H groups in total. The van der Waals surface area contributed by atoms with Gasteiger partial charge >= 0.3 is 5.69 Å². The Morgan fingerprint density at radius 1 is 1.23 bits per heavy atom. The van der Waals surface area contributed by atoms with E-state index in [0.717, 1.165) is 0 Å².